The summed E-state index contributed by atoms with van der Waals surface area (Å²) in [6, 6.07) is 3.71. The molecular formula is C9H10N2OS. The molecule has 1 aromatic heterocycles. The van der Waals surface area contributed by atoms with E-state index >= 15 is 0 Å². The zero-order valence-corrected chi connectivity index (χ0v) is 8.31. The summed E-state index contributed by atoms with van der Waals surface area (Å²) in [4.78, 5) is 12.0. The monoisotopic (exact) mass is 194 g/mol. The summed E-state index contributed by atoms with van der Waals surface area (Å²) in [5.74, 6) is -0.110. The van der Waals surface area contributed by atoms with Crippen LogP contribution in [0.25, 0.3) is 0 Å². The van der Waals surface area contributed by atoms with E-state index < -0.39 is 0 Å². The van der Waals surface area contributed by atoms with Crippen LogP contribution < -0.4 is 5.32 Å². The number of nitrogens with one attached hydrogen (secondary N) is 1. The van der Waals surface area contributed by atoms with E-state index in [1.54, 1.807) is 11.4 Å². The minimum absolute atomic E-state index is 0.110. The minimum atomic E-state index is -0.110. The molecule has 0 saturated carbocycles. The van der Waals surface area contributed by atoms with Gasteiger partial charge >= 0.3 is 0 Å². The number of hydrogen-bond acceptors (Lipinski definition) is 3. The van der Waals surface area contributed by atoms with E-state index in [1.165, 1.54) is 11.3 Å². The number of carbonyl (C=O) groups is 1. The molecule has 0 bridgehead atoms. The summed E-state index contributed by atoms with van der Waals surface area (Å²) in [5.41, 5.74) is 0.541. The Morgan fingerprint density at radius 2 is 2.38 bits per heavy atom. The average Bonchev–Trinajstić information content (AvgIpc) is 2.50. The fourth-order valence-electron chi connectivity index (χ4n) is 0.847. The van der Waals surface area contributed by atoms with Crippen LogP contribution in [0.5, 0.6) is 0 Å². The van der Waals surface area contributed by atoms with Crippen LogP contribution in [-0.4, -0.2) is 11.9 Å². The minimum Gasteiger partial charge on any atom is -0.349 e. The van der Waals surface area contributed by atoms with Crippen molar-refractivity contribution in [1.82, 2.24) is 5.32 Å². The Morgan fingerprint density at radius 3 is 2.85 bits per heavy atom. The Bertz CT molecular complexity index is 349. The highest BCUT2D eigenvalue weighted by Gasteiger charge is 2.09. The molecule has 1 N–H and O–H groups in total. The molecule has 68 valence electrons. The van der Waals surface area contributed by atoms with Crippen molar-refractivity contribution in [3.8, 4) is 6.07 Å². The molecule has 4 heteroatoms. The van der Waals surface area contributed by atoms with Gasteiger partial charge in [0, 0.05) is 11.4 Å². The van der Waals surface area contributed by atoms with Crippen LogP contribution in [0.3, 0.4) is 0 Å². The van der Waals surface area contributed by atoms with E-state index in [0.717, 1.165) is 0 Å². The molecule has 0 aromatic carbocycles. The lowest BCUT2D eigenvalue weighted by Gasteiger charge is -2.05. The SMILES string of the molecule is CC(C)NC(=O)c1cc(C#N)cs1. The molecule has 0 radical (unpaired) electrons. The average molecular weight is 194 g/mol. The third-order valence-electron chi connectivity index (χ3n) is 1.37. The predicted octanol–water partition coefficient (Wildman–Crippen LogP) is 1.76. The van der Waals surface area contributed by atoms with Gasteiger partial charge in [0.05, 0.1) is 10.4 Å². The summed E-state index contributed by atoms with van der Waals surface area (Å²) < 4.78 is 0. The molecule has 0 aliphatic heterocycles. The molecule has 3 nitrogen and oxygen atoms in total. The summed E-state index contributed by atoms with van der Waals surface area (Å²) in [6.45, 7) is 3.80. The lowest BCUT2D eigenvalue weighted by molar-refractivity contribution is 0.0947. The Labute approximate surface area is 81.0 Å². The van der Waals surface area contributed by atoms with E-state index in [-0.39, 0.29) is 11.9 Å². The number of carbonyl (C=O) groups excluding carboxylic acids is 1. The molecule has 1 amide bonds. The quantitative estimate of drug-likeness (QED) is 0.779. The van der Waals surface area contributed by atoms with E-state index in [4.69, 9.17) is 5.26 Å². The molecule has 0 aliphatic rings. The first-order valence-electron chi connectivity index (χ1n) is 3.93. The zero-order valence-electron chi connectivity index (χ0n) is 7.50. The van der Waals surface area contributed by atoms with E-state index in [9.17, 15) is 4.79 Å². The van der Waals surface area contributed by atoms with Crippen LogP contribution in [0, 0.1) is 11.3 Å². The predicted molar refractivity (Wildman–Crippen MR) is 51.6 cm³/mol. The molecule has 0 saturated heterocycles. The van der Waals surface area contributed by atoms with Crippen molar-refractivity contribution in [1.29, 1.82) is 5.26 Å². The Balaban J connectivity index is 2.73. The van der Waals surface area contributed by atoms with E-state index in [1.807, 2.05) is 19.9 Å². The Kier molecular flexibility index (Phi) is 3.04. The van der Waals surface area contributed by atoms with Crippen molar-refractivity contribution < 1.29 is 4.79 Å². The number of nitrogens with zero attached hydrogens (tertiary/aromatic N) is 1. The smallest absolute Gasteiger partial charge is 0.261 e. The Hall–Kier alpha value is -1.34. The standard InChI is InChI=1S/C9H10N2OS/c1-6(2)11-9(12)8-3-7(4-10)5-13-8/h3,5-6H,1-2H3,(H,11,12). The maximum absolute atomic E-state index is 11.4. The van der Waals surface area contributed by atoms with Crippen LogP contribution >= 0.6 is 11.3 Å². The van der Waals surface area contributed by atoms with Gasteiger partial charge in [-0.2, -0.15) is 5.26 Å². The topological polar surface area (TPSA) is 52.9 Å². The Morgan fingerprint density at radius 1 is 1.69 bits per heavy atom. The first-order chi connectivity index (χ1) is 6.13. The summed E-state index contributed by atoms with van der Waals surface area (Å²) >= 11 is 1.29. The molecule has 0 atom stereocenters. The van der Waals surface area contributed by atoms with Gasteiger partial charge in [0.15, 0.2) is 0 Å². The number of hydrogen-bond donors (Lipinski definition) is 1. The molecule has 0 fully saturated rings. The van der Waals surface area contributed by atoms with E-state index in [2.05, 4.69) is 5.32 Å². The molecular weight excluding hydrogens is 184 g/mol. The summed E-state index contributed by atoms with van der Waals surface area (Å²) in [5, 5.41) is 13.0. The van der Waals surface area contributed by atoms with Crippen molar-refractivity contribution >= 4 is 17.2 Å². The molecule has 1 rings (SSSR count). The second-order valence-corrected chi connectivity index (χ2v) is 3.85. The van der Waals surface area contributed by atoms with Gasteiger partial charge in [-0.25, -0.2) is 0 Å². The summed E-state index contributed by atoms with van der Waals surface area (Å²) in [6.07, 6.45) is 0. The fraction of sp³-hybridized carbons (Fsp3) is 0.333. The zero-order chi connectivity index (χ0) is 9.84. The van der Waals surface area contributed by atoms with Crippen LogP contribution in [0.4, 0.5) is 0 Å². The van der Waals surface area contributed by atoms with Crippen molar-refractivity contribution in [2.75, 3.05) is 0 Å². The number of rotatable bonds is 2. The van der Waals surface area contributed by atoms with Gasteiger partial charge in [-0.3, -0.25) is 4.79 Å². The molecule has 0 spiro atoms. The highest BCUT2D eigenvalue weighted by atomic mass is 32.1. The highest BCUT2D eigenvalue weighted by Crippen LogP contribution is 2.13. The van der Waals surface area contributed by atoms with E-state index in [0.29, 0.717) is 10.4 Å². The van der Waals surface area contributed by atoms with Crippen LogP contribution in [0.2, 0.25) is 0 Å². The van der Waals surface area contributed by atoms with Crippen molar-refractivity contribution in [2.24, 2.45) is 0 Å². The molecule has 0 unspecified atom stereocenters. The van der Waals surface area contributed by atoms with Gasteiger partial charge < -0.3 is 5.32 Å². The lowest BCUT2D eigenvalue weighted by Crippen LogP contribution is -2.29. The number of thiophene rings is 1. The van der Waals surface area contributed by atoms with Gasteiger partial charge in [-0.05, 0) is 19.9 Å². The van der Waals surface area contributed by atoms with Gasteiger partial charge in [-0.1, -0.05) is 0 Å². The van der Waals surface area contributed by atoms with Crippen molar-refractivity contribution in [3.63, 3.8) is 0 Å². The van der Waals surface area contributed by atoms with Crippen LogP contribution in [-0.2, 0) is 0 Å². The third-order valence-corrected chi connectivity index (χ3v) is 2.30. The molecule has 1 heterocycles. The first kappa shape index (κ1) is 9.75. The van der Waals surface area contributed by atoms with Gasteiger partial charge in [0.1, 0.15) is 6.07 Å². The van der Waals surface area contributed by atoms with Crippen LogP contribution in [0.15, 0.2) is 11.4 Å². The summed E-state index contributed by atoms with van der Waals surface area (Å²) in [7, 11) is 0. The third kappa shape index (κ3) is 2.56. The highest BCUT2D eigenvalue weighted by molar-refractivity contribution is 7.12. The van der Waals surface area contributed by atoms with Crippen LogP contribution in [0.1, 0.15) is 29.1 Å². The first-order valence-corrected chi connectivity index (χ1v) is 4.81. The second kappa shape index (κ2) is 4.06. The van der Waals surface area contributed by atoms with Gasteiger partial charge in [-0.15, -0.1) is 11.3 Å². The van der Waals surface area contributed by atoms with Crippen molar-refractivity contribution in [2.45, 2.75) is 19.9 Å². The number of nitriles is 1. The molecule has 0 aliphatic carbocycles. The largest absolute Gasteiger partial charge is 0.349 e. The number of amides is 1. The maximum Gasteiger partial charge on any atom is 0.261 e. The van der Waals surface area contributed by atoms with Gasteiger partial charge in [0.2, 0.25) is 0 Å². The lowest BCUT2D eigenvalue weighted by atomic mass is 10.3. The van der Waals surface area contributed by atoms with Gasteiger partial charge in [0.25, 0.3) is 5.91 Å². The van der Waals surface area contributed by atoms with Crippen molar-refractivity contribution in [3.05, 3.63) is 21.9 Å². The normalized spacial score (nSPS) is 9.69. The second-order valence-electron chi connectivity index (χ2n) is 2.94. The molecule has 13 heavy (non-hydrogen) atoms. The fourth-order valence-corrected chi connectivity index (χ4v) is 1.58. The molecule has 1 aromatic rings. The maximum atomic E-state index is 11.4.